The van der Waals surface area contributed by atoms with Crippen molar-refractivity contribution in [2.45, 2.75) is 50.2 Å². The SMILES string of the molecule is CCSc1cc(CN=C(N)NC2CCCC2)ccn1.I. The largest absolute Gasteiger partial charge is 0.370 e. The number of thioether (sulfide) groups is 1. The molecule has 0 bridgehead atoms. The molecule has 3 N–H and O–H groups in total. The molecule has 1 aliphatic rings. The number of rotatable bonds is 5. The van der Waals surface area contributed by atoms with E-state index in [9.17, 15) is 0 Å². The summed E-state index contributed by atoms with van der Waals surface area (Å²) in [6.07, 6.45) is 6.86. The average Bonchev–Trinajstić information content (AvgIpc) is 2.90. The third-order valence-electron chi connectivity index (χ3n) is 3.23. The summed E-state index contributed by atoms with van der Waals surface area (Å²) in [6, 6.07) is 4.60. The molecule has 1 heterocycles. The van der Waals surface area contributed by atoms with Gasteiger partial charge < -0.3 is 11.1 Å². The first kappa shape index (κ1) is 17.6. The molecule has 1 aromatic heterocycles. The van der Waals surface area contributed by atoms with Crippen molar-refractivity contribution in [3.63, 3.8) is 0 Å². The minimum absolute atomic E-state index is 0. The van der Waals surface area contributed by atoms with Crippen LogP contribution in [0.1, 0.15) is 38.2 Å². The molecule has 0 amide bonds. The smallest absolute Gasteiger partial charge is 0.189 e. The fourth-order valence-corrected chi connectivity index (χ4v) is 2.94. The van der Waals surface area contributed by atoms with Crippen molar-refractivity contribution in [1.82, 2.24) is 10.3 Å². The number of nitrogens with zero attached hydrogens (tertiary/aromatic N) is 2. The Bertz CT molecular complexity index is 433. The number of aromatic nitrogens is 1. The number of pyridine rings is 1. The van der Waals surface area contributed by atoms with Gasteiger partial charge in [-0.1, -0.05) is 19.8 Å². The van der Waals surface area contributed by atoms with E-state index >= 15 is 0 Å². The third-order valence-corrected chi connectivity index (χ3v) is 4.04. The Labute approximate surface area is 142 Å². The Balaban J connectivity index is 0.00000200. The molecule has 20 heavy (non-hydrogen) atoms. The van der Waals surface area contributed by atoms with E-state index in [0.29, 0.717) is 18.5 Å². The van der Waals surface area contributed by atoms with Crippen LogP contribution in [0.3, 0.4) is 0 Å². The van der Waals surface area contributed by atoms with Gasteiger partial charge in [0.2, 0.25) is 0 Å². The van der Waals surface area contributed by atoms with E-state index in [0.717, 1.165) is 16.3 Å². The van der Waals surface area contributed by atoms with Gasteiger partial charge >= 0.3 is 0 Å². The summed E-state index contributed by atoms with van der Waals surface area (Å²) in [5.41, 5.74) is 7.07. The lowest BCUT2D eigenvalue weighted by atomic mass is 10.2. The van der Waals surface area contributed by atoms with E-state index in [1.807, 2.05) is 12.3 Å². The maximum Gasteiger partial charge on any atom is 0.189 e. The highest BCUT2D eigenvalue weighted by atomic mass is 127. The molecule has 0 unspecified atom stereocenters. The van der Waals surface area contributed by atoms with Crippen molar-refractivity contribution >= 4 is 41.7 Å². The zero-order valence-electron chi connectivity index (χ0n) is 11.8. The van der Waals surface area contributed by atoms with Gasteiger partial charge in [-0.25, -0.2) is 9.98 Å². The number of hydrogen-bond acceptors (Lipinski definition) is 3. The van der Waals surface area contributed by atoms with Crippen molar-refractivity contribution in [2.75, 3.05) is 5.75 Å². The average molecular weight is 406 g/mol. The minimum Gasteiger partial charge on any atom is -0.370 e. The standard InChI is InChI=1S/C14H22N4S.HI/c1-2-19-13-9-11(7-8-16-13)10-17-14(15)18-12-5-3-4-6-12;/h7-9,12H,2-6,10H2,1H3,(H3,15,17,18);1H. The van der Waals surface area contributed by atoms with Crippen LogP contribution in [0.2, 0.25) is 0 Å². The molecular weight excluding hydrogens is 383 g/mol. The molecule has 2 rings (SSSR count). The van der Waals surface area contributed by atoms with Crippen molar-refractivity contribution in [3.8, 4) is 0 Å². The van der Waals surface area contributed by atoms with E-state index in [2.05, 4.69) is 28.3 Å². The molecule has 0 spiro atoms. The molecule has 0 aliphatic heterocycles. The van der Waals surface area contributed by atoms with Gasteiger partial charge in [0.25, 0.3) is 0 Å². The first-order valence-corrected chi connectivity index (χ1v) is 7.90. The van der Waals surface area contributed by atoms with Crippen LogP contribution in [0.25, 0.3) is 0 Å². The third kappa shape index (κ3) is 5.87. The Hall–Kier alpha value is -0.500. The Kier molecular flexibility index (Phi) is 8.28. The van der Waals surface area contributed by atoms with Gasteiger partial charge in [0.15, 0.2) is 5.96 Å². The number of halogens is 1. The Morgan fingerprint density at radius 1 is 1.50 bits per heavy atom. The van der Waals surface area contributed by atoms with Crippen LogP contribution in [-0.2, 0) is 6.54 Å². The first-order valence-electron chi connectivity index (χ1n) is 6.92. The minimum atomic E-state index is 0. The molecular formula is C14H23IN4S. The number of hydrogen-bond donors (Lipinski definition) is 2. The van der Waals surface area contributed by atoms with Crippen molar-refractivity contribution < 1.29 is 0 Å². The molecule has 1 aliphatic carbocycles. The second-order valence-electron chi connectivity index (χ2n) is 4.76. The summed E-state index contributed by atoms with van der Waals surface area (Å²) in [4.78, 5) is 8.71. The Morgan fingerprint density at radius 3 is 2.95 bits per heavy atom. The van der Waals surface area contributed by atoms with E-state index in [4.69, 9.17) is 5.73 Å². The lowest BCUT2D eigenvalue weighted by molar-refractivity contribution is 0.625. The predicted molar refractivity (Wildman–Crippen MR) is 96.8 cm³/mol. The molecule has 0 atom stereocenters. The molecule has 4 nitrogen and oxygen atoms in total. The van der Waals surface area contributed by atoms with E-state index in [1.165, 1.54) is 25.7 Å². The highest BCUT2D eigenvalue weighted by Gasteiger charge is 2.14. The van der Waals surface area contributed by atoms with Gasteiger partial charge in [0, 0.05) is 12.2 Å². The Morgan fingerprint density at radius 2 is 2.25 bits per heavy atom. The molecule has 6 heteroatoms. The predicted octanol–water partition coefficient (Wildman–Crippen LogP) is 3.16. The van der Waals surface area contributed by atoms with Crippen LogP contribution in [0.5, 0.6) is 0 Å². The highest BCUT2D eigenvalue weighted by molar-refractivity contribution is 14.0. The molecule has 1 fully saturated rings. The molecule has 1 aromatic rings. The lowest BCUT2D eigenvalue weighted by Crippen LogP contribution is -2.38. The van der Waals surface area contributed by atoms with Gasteiger partial charge in [-0.15, -0.1) is 35.7 Å². The van der Waals surface area contributed by atoms with Crippen LogP contribution in [0.15, 0.2) is 28.3 Å². The second kappa shape index (κ2) is 9.44. The topological polar surface area (TPSA) is 63.3 Å². The van der Waals surface area contributed by atoms with Crippen molar-refractivity contribution in [2.24, 2.45) is 10.7 Å². The number of nitrogens with one attached hydrogen (secondary N) is 1. The summed E-state index contributed by atoms with van der Waals surface area (Å²) in [5.74, 6) is 1.60. The fourth-order valence-electron chi connectivity index (χ4n) is 2.28. The van der Waals surface area contributed by atoms with Crippen LogP contribution in [-0.4, -0.2) is 22.7 Å². The maximum atomic E-state index is 5.92. The highest BCUT2D eigenvalue weighted by Crippen LogP contribution is 2.18. The molecule has 0 radical (unpaired) electrons. The zero-order chi connectivity index (χ0) is 13.5. The normalized spacial score (nSPS) is 15.9. The van der Waals surface area contributed by atoms with Crippen LogP contribution < -0.4 is 11.1 Å². The van der Waals surface area contributed by atoms with Gasteiger partial charge in [-0.05, 0) is 36.3 Å². The molecule has 112 valence electrons. The van der Waals surface area contributed by atoms with E-state index in [-0.39, 0.29) is 24.0 Å². The summed E-state index contributed by atoms with van der Waals surface area (Å²) in [5, 5.41) is 4.35. The van der Waals surface area contributed by atoms with Gasteiger partial charge in [-0.2, -0.15) is 0 Å². The van der Waals surface area contributed by atoms with Gasteiger partial charge in [0.05, 0.1) is 11.6 Å². The fraction of sp³-hybridized carbons (Fsp3) is 0.571. The maximum absolute atomic E-state index is 5.92. The molecule has 0 saturated heterocycles. The van der Waals surface area contributed by atoms with Gasteiger partial charge in [-0.3, -0.25) is 0 Å². The quantitative estimate of drug-likeness (QED) is 0.341. The van der Waals surface area contributed by atoms with Crippen LogP contribution >= 0.6 is 35.7 Å². The number of aliphatic imine (C=N–C) groups is 1. The monoisotopic (exact) mass is 406 g/mol. The van der Waals surface area contributed by atoms with Crippen LogP contribution in [0, 0.1) is 0 Å². The summed E-state index contributed by atoms with van der Waals surface area (Å²) in [6.45, 7) is 2.74. The zero-order valence-corrected chi connectivity index (χ0v) is 15.0. The summed E-state index contributed by atoms with van der Waals surface area (Å²) >= 11 is 1.74. The number of nitrogens with two attached hydrogens (primary N) is 1. The molecule has 0 aromatic carbocycles. The summed E-state index contributed by atoms with van der Waals surface area (Å²) in [7, 11) is 0. The van der Waals surface area contributed by atoms with E-state index < -0.39 is 0 Å². The van der Waals surface area contributed by atoms with Gasteiger partial charge in [0.1, 0.15) is 0 Å². The summed E-state index contributed by atoms with van der Waals surface area (Å²) < 4.78 is 0. The van der Waals surface area contributed by atoms with Crippen LogP contribution in [0.4, 0.5) is 0 Å². The molecule has 1 saturated carbocycles. The second-order valence-corrected chi connectivity index (χ2v) is 6.05. The van der Waals surface area contributed by atoms with Crippen molar-refractivity contribution in [3.05, 3.63) is 23.9 Å². The first-order chi connectivity index (χ1) is 9.28. The number of guanidine groups is 1. The lowest BCUT2D eigenvalue weighted by Gasteiger charge is -2.12. The van der Waals surface area contributed by atoms with E-state index in [1.54, 1.807) is 11.8 Å². The van der Waals surface area contributed by atoms with Crippen molar-refractivity contribution in [1.29, 1.82) is 0 Å².